The molecule has 2 aromatic carbocycles. The zero-order valence-electron chi connectivity index (χ0n) is 21.3. The first-order chi connectivity index (χ1) is 16.7. The van der Waals surface area contributed by atoms with Gasteiger partial charge in [-0.05, 0) is 45.2 Å². The van der Waals surface area contributed by atoms with E-state index in [2.05, 4.69) is 5.32 Å². The molecule has 11 heteroatoms. The summed E-state index contributed by atoms with van der Waals surface area (Å²) in [4.78, 5) is 38.7. The molecular weight excluding hydrogens is 484 g/mol. The SMILES string of the molecule is CC[C@H](C(=O)NC(C)(C)C)N(CCc1ccccc1)C(=O)CN(c1cccc([N+](=O)[O-])c1)S(C)(=O)=O. The molecule has 2 amide bonds. The Hall–Kier alpha value is -3.47. The fourth-order valence-corrected chi connectivity index (χ4v) is 4.57. The standard InChI is InChI=1S/C25H34N4O6S/c1-6-22(24(31)26-25(2,3)4)27(16-15-19-11-8-7-9-12-19)23(30)18-28(36(5,34)35)20-13-10-14-21(17-20)29(32)33/h7-14,17,22H,6,15-16,18H2,1-5H3,(H,26,31)/t22-/m1/s1. The molecule has 0 radical (unpaired) electrons. The molecule has 0 aliphatic rings. The summed E-state index contributed by atoms with van der Waals surface area (Å²) >= 11 is 0. The third kappa shape index (κ3) is 8.33. The molecule has 0 bridgehead atoms. The van der Waals surface area contributed by atoms with E-state index in [0.717, 1.165) is 22.2 Å². The number of amides is 2. The molecule has 0 fully saturated rings. The lowest BCUT2D eigenvalue weighted by atomic mass is 10.1. The second-order valence-electron chi connectivity index (χ2n) is 9.53. The van der Waals surface area contributed by atoms with Crippen molar-refractivity contribution in [3.63, 3.8) is 0 Å². The maximum absolute atomic E-state index is 13.6. The number of hydrogen-bond acceptors (Lipinski definition) is 6. The number of carbonyl (C=O) groups excluding carboxylic acids is 2. The van der Waals surface area contributed by atoms with Gasteiger partial charge in [0.2, 0.25) is 21.8 Å². The summed E-state index contributed by atoms with van der Waals surface area (Å²) < 4.78 is 26.1. The summed E-state index contributed by atoms with van der Waals surface area (Å²) in [6.45, 7) is 6.87. The number of hydrogen-bond donors (Lipinski definition) is 1. The molecule has 0 saturated carbocycles. The monoisotopic (exact) mass is 518 g/mol. The average Bonchev–Trinajstić information content (AvgIpc) is 2.78. The molecule has 0 aliphatic heterocycles. The molecule has 0 spiro atoms. The molecule has 1 atom stereocenters. The van der Waals surface area contributed by atoms with E-state index >= 15 is 0 Å². The number of anilines is 1. The van der Waals surface area contributed by atoms with Crippen molar-refractivity contribution in [2.24, 2.45) is 0 Å². The molecule has 2 aromatic rings. The Kier molecular flexibility index (Phi) is 9.57. The third-order valence-corrected chi connectivity index (χ3v) is 6.52. The summed E-state index contributed by atoms with van der Waals surface area (Å²) in [5.74, 6) is -0.925. The van der Waals surface area contributed by atoms with Crippen LogP contribution in [0, 0.1) is 10.1 Å². The quantitative estimate of drug-likeness (QED) is 0.359. The Morgan fingerprint density at radius 3 is 2.25 bits per heavy atom. The van der Waals surface area contributed by atoms with Crippen LogP contribution in [0.2, 0.25) is 0 Å². The Morgan fingerprint density at radius 2 is 1.72 bits per heavy atom. The number of benzene rings is 2. The van der Waals surface area contributed by atoms with E-state index in [1.807, 2.05) is 51.1 Å². The van der Waals surface area contributed by atoms with E-state index in [4.69, 9.17) is 0 Å². The van der Waals surface area contributed by atoms with Gasteiger partial charge in [-0.2, -0.15) is 0 Å². The van der Waals surface area contributed by atoms with E-state index in [-0.39, 0.29) is 23.8 Å². The Bertz CT molecular complexity index is 1180. The molecule has 0 aromatic heterocycles. The highest BCUT2D eigenvalue weighted by molar-refractivity contribution is 7.92. The predicted molar refractivity (Wildman–Crippen MR) is 139 cm³/mol. The van der Waals surface area contributed by atoms with Gasteiger partial charge in [0.15, 0.2) is 0 Å². The second kappa shape index (κ2) is 12.0. The number of nitrogens with zero attached hydrogens (tertiary/aromatic N) is 3. The lowest BCUT2D eigenvalue weighted by Gasteiger charge is -2.34. The highest BCUT2D eigenvalue weighted by Crippen LogP contribution is 2.24. The van der Waals surface area contributed by atoms with Crippen molar-refractivity contribution in [2.75, 3.05) is 23.7 Å². The normalized spacial score (nSPS) is 12.5. The van der Waals surface area contributed by atoms with Crippen molar-refractivity contribution < 1.29 is 22.9 Å². The molecule has 0 aliphatic carbocycles. The van der Waals surface area contributed by atoms with Crippen LogP contribution in [-0.4, -0.2) is 61.0 Å². The van der Waals surface area contributed by atoms with Crippen LogP contribution in [0.3, 0.4) is 0 Å². The Morgan fingerprint density at radius 1 is 1.08 bits per heavy atom. The van der Waals surface area contributed by atoms with Crippen molar-refractivity contribution in [1.29, 1.82) is 0 Å². The van der Waals surface area contributed by atoms with E-state index in [1.165, 1.54) is 23.1 Å². The number of nitro groups is 1. The van der Waals surface area contributed by atoms with E-state index in [1.54, 1.807) is 6.92 Å². The third-order valence-electron chi connectivity index (χ3n) is 5.38. The zero-order chi connectivity index (χ0) is 27.1. The number of nitro benzene ring substituents is 1. The van der Waals surface area contributed by atoms with Crippen LogP contribution in [0.1, 0.15) is 39.7 Å². The zero-order valence-corrected chi connectivity index (χ0v) is 22.1. The van der Waals surface area contributed by atoms with Gasteiger partial charge in [-0.15, -0.1) is 0 Å². The Balaban J connectivity index is 2.42. The molecular formula is C25H34N4O6S. The number of nitrogens with one attached hydrogen (secondary N) is 1. The summed E-state index contributed by atoms with van der Waals surface area (Å²) in [7, 11) is -3.97. The van der Waals surface area contributed by atoms with Crippen LogP contribution in [0.5, 0.6) is 0 Å². The van der Waals surface area contributed by atoms with Gasteiger partial charge in [0, 0.05) is 24.2 Å². The van der Waals surface area contributed by atoms with E-state index in [9.17, 15) is 28.1 Å². The molecule has 2 rings (SSSR count). The lowest BCUT2D eigenvalue weighted by Crippen LogP contribution is -2.56. The maximum atomic E-state index is 13.6. The molecule has 36 heavy (non-hydrogen) atoms. The highest BCUT2D eigenvalue weighted by Gasteiger charge is 2.33. The lowest BCUT2D eigenvalue weighted by molar-refractivity contribution is -0.384. The van der Waals surface area contributed by atoms with Crippen molar-refractivity contribution >= 4 is 33.2 Å². The van der Waals surface area contributed by atoms with Gasteiger partial charge in [0.1, 0.15) is 12.6 Å². The highest BCUT2D eigenvalue weighted by atomic mass is 32.2. The van der Waals surface area contributed by atoms with Crippen molar-refractivity contribution in [3.8, 4) is 0 Å². The molecule has 0 unspecified atom stereocenters. The predicted octanol–water partition coefficient (Wildman–Crippen LogP) is 3.13. The van der Waals surface area contributed by atoms with Gasteiger partial charge in [0.25, 0.3) is 5.69 Å². The Labute approximate surface area is 212 Å². The summed E-state index contributed by atoms with van der Waals surface area (Å²) in [5.41, 5.74) is 0.126. The molecule has 0 saturated heterocycles. The minimum absolute atomic E-state index is 0.00440. The van der Waals surface area contributed by atoms with Crippen LogP contribution in [0.15, 0.2) is 54.6 Å². The molecule has 10 nitrogen and oxygen atoms in total. The summed E-state index contributed by atoms with van der Waals surface area (Å²) in [6, 6.07) is 13.7. The summed E-state index contributed by atoms with van der Waals surface area (Å²) in [6.07, 6.45) is 1.71. The fraction of sp³-hybridized carbons (Fsp3) is 0.440. The first-order valence-electron chi connectivity index (χ1n) is 11.6. The largest absolute Gasteiger partial charge is 0.350 e. The first kappa shape index (κ1) is 28.8. The van der Waals surface area contributed by atoms with Gasteiger partial charge >= 0.3 is 0 Å². The van der Waals surface area contributed by atoms with Gasteiger partial charge < -0.3 is 10.2 Å². The maximum Gasteiger partial charge on any atom is 0.271 e. The van der Waals surface area contributed by atoms with Gasteiger partial charge in [0.05, 0.1) is 16.9 Å². The topological polar surface area (TPSA) is 130 Å². The van der Waals surface area contributed by atoms with E-state index in [0.29, 0.717) is 12.8 Å². The van der Waals surface area contributed by atoms with Crippen molar-refractivity contribution in [3.05, 3.63) is 70.3 Å². The van der Waals surface area contributed by atoms with Gasteiger partial charge in [-0.25, -0.2) is 8.42 Å². The van der Waals surface area contributed by atoms with Gasteiger partial charge in [-0.3, -0.25) is 24.0 Å². The van der Waals surface area contributed by atoms with Crippen LogP contribution >= 0.6 is 0 Å². The first-order valence-corrected chi connectivity index (χ1v) is 13.5. The van der Waals surface area contributed by atoms with Crippen molar-refractivity contribution in [1.82, 2.24) is 10.2 Å². The smallest absolute Gasteiger partial charge is 0.271 e. The molecule has 1 N–H and O–H groups in total. The average molecular weight is 519 g/mol. The fourth-order valence-electron chi connectivity index (χ4n) is 3.72. The van der Waals surface area contributed by atoms with Crippen LogP contribution in [-0.2, 0) is 26.0 Å². The number of non-ortho nitro benzene ring substituents is 1. The molecule has 0 heterocycles. The minimum Gasteiger partial charge on any atom is -0.350 e. The second-order valence-corrected chi connectivity index (χ2v) is 11.4. The number of rotatable bonds is 11. The van der Waals surface area contributed by atoms with E-state index < -0.39 is 39.0 Å². The number of sulfonamides is 1. The van der Waals surface area contributed by atoms with Crippen LogP contribution < -0.4 is 9.62 Å². The summed E-state index contributed by atoms with van der Waals surface area (Å²) in [5, 5.41) is 14.1. The molecule has 196 valence electrons. The van der Waals surface area contributed by atoms with Crippen molar-refractivity contribution in [2.45, 2.75) is 52.1 Å². The minimum atomic E-state index is -3.97. The van der Waals surface area contributed by atoms with Crippen LogP contribution in [0.25, 0.3) is 0 Å². The number of carbonyl (C=O) groups is 2. The van der Waals surface area contributed by atoms with Crippen LogP contribution in [0.4, 0.5) is 11.4 Å². The van der Waals surface area contributed by atoms with Gasteiger partial charge in [-0.1, -0.05) is 43.3 Å².